The van der Waals surface area contributed by atoms with Crippen LogP contribution >= 0.6 is 11.6 Å². The number of fused-ring (bicyclic) bond motifs is 8. The summed E-state index contributed by atoms with van der Waals surface area (Å²) in [6.45, 7) is 12.8. The van der Waals surface area contributed by atoms with Gasteiger partial charge in [-0.15, -0.1) is 0 Å². The summed E-state index contributed by atoms with van der Waals surface area (Å²) in [5.74, 6) is 1.12. The van der Waals surface area contributed by atoms with E-state index in [2.05, 4.69) is 46.0 Å². The Morgan fingerprint density at radius 3 is 2.41 bits per heavy atom. The van der Waals surface area contributed by atoms with Crippen LogP contribution in [0.3, 0.4) is 0 Å². The van der Waals surface area contributed by atoms with Crippen molar-refractivity contribution in [2.75, 3.05) is 11.4 Å². The smallest absolute Gasteiger partial charge is 0.415 e. The number of halogens is 1. The van der Waals surface area contributed by atoms with Crippen molar-refractivity contribution < 1.29 is 24.2 Å². The molecule has 51 heavy (non-hydrogen) atoms. The number of ether oxygens (including phenoxy) is 1. The number of carboxylic acid groups (broad SMARTS) is 1. The first-order valence-corrected chi connectivity index (χ1v) is 19.6. The lowest BCUT2D eigenvalue weighted by Gasteiger charge is -2.72. The van der Waals surface area contributed by atoms with Crippen LogP contribution in [0.4, 0.5) is 10.5 Å². The lowest BCUT2D eigenvalue weighted by atomic mass is 9.33. The van der Waals surface area contributed by atoms with Gasteiger partial charge < -0.3 is 15.2 Å². The molecule has 1 aliphatic heterocycles. The van der Waals surface area contributed by atoms with E-state index in [1.807, 2.05) is 18.2 Å². The number of cyclic esters (lactones) is 1. The number of hydrogen-bond donors (Lipinski definition) is 2. The third-order valence-corrected chi connectivity index (χ3v) is 16.2. The fourth-order valence-corrected chi connectivity index (χ4v) is 13.7. The summed E-state index contributed by atoms with van der Waals surface area (Å²) < 4.78 is 5.42. The number of carboxylic acids is 1. The van der Waals surface area contributed by atoms with E-state index in [1.54, 1.807) is 24.3 Å². The molecule has 8 rings (SSSR count). The molecule has 8 atom stereocenters. The molecular weight excluding hydrogens is 660 g/mol. The summed E-state index contributed by atoms with van der Waals surface area (Å²) in [5, 5.41) is 13.6. The van der Waals surface area contributed by atoms with Gasteiger partial charge in [0.25, 0.3) is 0 Å². The topological polar surface area (TPSA) is 95.9 Å². The average Bonchev–Trinajstić information content (AvgIpc) is 3.50. The van der Waals surface area contributed by atoms with Gasteiger partial charge in [-0.2, -0.15) is 0 Å². The van der Waals surface area contributed by atoms with Gasteiger partial charge in [0.05, 0.1) is 11.3 Å². The Balaban J connectivity index is 1.04. The molecule has 1 heterocycles. The van der Waals surface area contributed by atoms with Gasteiger partial charge in [0.15, 0.2) is 0 Å². The quantitative estimate of drug-likeness (QED) is 0.322. The second-order valence-electron chi connectivity index (χ2n) is 18.2. The number of nitrogens with one attached hydrogen (secondary N) is 1. The lowest BCUT2D eigenvalue weighted by Crippen LogP contribution is -2.68. The van der Waals surface area contributed by atoms with Crippen LogP contribution < -0.4 is 10.2 Å². The van der Waals surface area contributed by atoms with Crippen LogP contribution in [0.1, 0.15) is 120 Å². The zero-order valence-corrected chi connectivity index (χ0v) is 31.6. The van der Waals surface area contributed by atoms with Gasteiger partial charge in [0.1, 0.15) is 13.2 Å². The number of aromatic carboxylic acids is 1. The van der Waals surface area contributed by atoms with E-state index in [1.165, 1.54) is 36.2 Å². The SMILES string of the molecule is CC1(C)C(c2ccc(C(=O)O)cc2)=CC[C@@]2(C)C1CC[C@]1(C)C2CC[C@@H]2C3CCC[C@]3(NC(=O)CN3C(=O)OCc4ccc(Cl)cc43)CC[C@]21C. The summed E-state index contributed by atoms with van der Waals surface area (Å²) in [6.07, 6.45) is 13.2. The highest BCUT2D eigenvalue weighted by molar-refractivity contribution is 6.31. The molecule has 5 aliphatic carbocycles. The lowest BCUT2D eigenvalue weighted by molar-refractivity contribution is -0.216. The van der Waals surface area contributed by atoms with Crippen LogP contribution in [0, 0.1) is 45.3 Å². The Hall–Kier alpha value is -3.32. The fraction of sp³-hybridized carbons (Fsp3) is 0.605. The van der Waals surface area contributed by atoms with Crippen LogP contribution in [0.25, 0.3) is 5.57 Å². The molecule has 8 heteroatoms. The standard InChI is InChI=1S/C43H53ClN2O5/c1-39(2)30(26-8-10-27(11-9-26)37(48)49)16-19-40(3)34(39)17-20-42(5)35(40)15-14-31-32-7-6-18-43(32,22-21-41(31,42)4)45-36(47)24-46-33-23-29(44)13-12-28(33)25-51-38(46)50/h8-13,16,23,31-32,34-35H,6-7,14-15,17-22,24-25H2,1-5H3,(H,45,47)(H,48,49)/t31-,32?,34?,35?,40+,41-,42-,43+/m1/s1. The molecule has 2 aromatic rings. The largest absolute Gasteiger partial charge is 0.478 e. The molecule has 2 N–H and O–H groups in total. The number of carbonyl (C=O) groups is 3. The van der Waals surface area contributed by atoms with Crippen molar-refractivity contribution >= 4 is 40.8 Å². The molecule has 2 aromatic carbocycles. The van der Waals surface area contributed by atoms with Crippen molar-refractivity contribution in [1.82, 2.24) is 5.32 Å². The predicted molar refractivity (Wildman–Crippen MR) is 199 cm³/mol. The first-order valence-electron chi connectivity index (χ1n) is 19.2. The maximum atomic E-state index is 13.9. The zero-order valence-electron chi connectivity index (χ0n) is 30.8. The van der Waals surface area contributed by atoms with Crippen molar-refractivity contribution in [3.63, 3.8) is 0 Å². The molecule has 272 valence electrons. The van der Waals surface area contributed by atoms with Gasteiger partial charge in [-0.3, -0.25) is 9.69 Å². The normalized spacial score (nSPS) is 37.8. The number of benzene rings is 2. The highest BCUT2D eigenvalue weighted by atomic mass is 35.5. The number of amides is 2. The van der Waals surface area contributed by atoms with Gasteiger partial charge in [-0.05, 0) is 139 Å². The Kier molecular flexibility index (Phi) is 8.07. The molecule has 0 spiro atoms. The maximum Gasteiger partial charge on any atom is 0.415 e. The molecule has 2 amide bonds. The molecule has 0 saturated heterocycles. The van der Waals surface area contributed by atoms with Gasteiger partial charge in [0.2, 0.25) is 5.91 Å². The van der Waals surface area contributed by atoms with E-state index in [0.29, 0.717) is 39.9 Å². The average molecular weight is 713 g/mol. The maximum absolute atomic E-state index is 13.9. The van der Waals surface area contributed by atoms with Gasteiger partial charge in [-0.25, -0.2) is 9.59 Å². The second kappa shape index (κ2) is 11.8. The van der Waals surface area contributed by atoms with Crippen molar-refractivity contribution in [3.8, 4) is 0 Å². The number of nitrogens with zero attached hydrogens (tertiary/aromatic N) is 1. The third-order valence-electron chi connectivity index (χ3n) is 16.0. The number of hydrogen-bond acceptors (Lipinski definition) is 4. The van der Waals surface area contributed by atoms with E-state index in [4.69, 9.17) is 16.3 Å². The summed E-state index contributed by atoms with van der Waals surface area (Å²) in [6, 6.07) is 12.9. The van der Waals surface area contributed by atoms with Crippen LogP contribution in [0.15, 0.2) is 48.5 Å². The van der Waals surface area contributed by atoms with Gasteiger partial charge >= 0.3 is 12.1 Å². The van der Waals surface area contributed by atoms with E-state index in [0.717, 1.165) is 49.7 Å². The van der Waals surface area contributed by atoms with E-state index < -0.39 is 12.1 Å². The molecule has 4 saturated carbocycles. The van der Waals surface area contributed by atoms with Crippen LogP contribution in [-0.2, 0) is 16.1 Å². The molecule has 4 fully saturated rings. The Bertz CT molecular complexity index is 1820. The zero-order chi connectivity index (χ0) is 36.1. The Morgan fingerprint density at radius 1 is 0.902 bits per heavy atom. The summed E-state index contributed by atoms with van der Waals surface area (Å²) in [5.41, 5.74) is 4.65. The molecular formula is C43H53ClN2O5. The number of carbonyl (C=O) groups excluding carboxylic acids is 2. The monoisotopic (exact) mass is 712 g/mol. The van der Waals surface area contributed by atoms with Crippen molar-refractivity contribution in [2.24, 2.45) is 45.3 Å². The van der Waals surface area contributed by atoms with Gasteiger partial charge in [-0.1, -0.05) is 76.9 Å². The summed E-state index contributed by atoms with van der Waals surface area (Å²) >= 11 is 6.30. The first kappa shape index (κ1) is 34.7. The van der Waals surface area contributed by atoms with Crippen LogP contribution in [0.5, 0.6) is 0 Å². The molecule has 0 radical (unpaired) electrons. The van der Waals surface area contributed by atoms with E-state index in [-0.39, 0.29) is 46.3 Å². The molecule has 6 aliphatic rings. The highest BCUT2D eigenvalue weighted by Gasteiger charge is 2.69. The molecule has 0 aromatic heterocycles. The Morgan fingerprint density at radius 2 is 1.67 bits per heavy atom. The third kappa shape index (κ3) is 5.06. The van der Waals surface area contributed by atoms with Crippen molar-refractivity contribution in [1.29, 1.82) is 0 Å². The minimum Gasteiger partial charge on any atom is -0.478 e. The molecule has 7 nitrogen and oxygen atoms in total. The van der Waals surface area contributed by atoms with Crippen LogP contribution in [-0.4, -0.2) is 35.2 Å². The highest BCUT2D eigenvalue weighted by Crippen LogP contribution is 2.76. The molecule has 3 unspecified atom stereocenters. The first-order chi connectivity index (χ1) is 24.1. The second-order valence-corrected chi connectivity index (χ2v) is 18.6. The van der Waals surface area contributed by atoms with Crippen LogP contribution in [0.2, 0.25) is 5.02 Å². The number of allylic oxidation sites excluding steroid dienone is 2. The molecule has 0 bridgehead atoms. The number of rotatable bonds is 5. The predicted octanol–water partition coefficient (Wildman–Crippen LogP) is 9.91. The Labute approximate surface area is 307 Å². The van der Waals surface area contributed by atoms with Crippen molar-refractivity contribution in [3.05, 3.63) is 70.3 Å². The summed E-state index contributed by atoms with van der Waals surface area (Å²) in [7, 11) is 0. The van der Waals surface area contributed by atoms with E-state index >= 15 is 0 Å². The minimum atomic E-state index is -0.887. The van der Waals surface area contributed by atoms with Crippen molar-refractivity contribution in [2.45, 2.75) is 111 Å². The fourth-order valence-electron chi connectivity index (χ4n) is 13.5. The summed E-state index contributed by atoms with van der Waals surface area (Å²) in [4.78, 5) is 39.7. The number of anilines is 1. The van der Waals surface area contributed by atoms with E-state index in [9.17, 15) is 19.5 Å². The minimum absolute atomic E-state index is 0.0269. The van der Waals surface area contributed by atoms with Gasteiger partial charge in [0, 0.05) is 16.1 Å².